The van der Waals surface area contributed by atoms with Crippen LogP contribution < -0.4 is 0 Å². The lowest BCUT2D eigenvalue weighted by atomic mass is 10.0. The van der Waals surface area contributed by atoms with Crippen LogP contribution in [0.3, 0.4) is 0 Å². The van der Waals surface area contributed by atoms with Crippen molar-refractivity contribution in [2.45, 2.75) is 0 Å². The van der Waals surface area contributed by atoms with Crippen LogP contribution in [0.15, 0.2) is 429 Å². The van der Waals surface area contributed by atoms with Crippen molar-refractivity contribution in [2.24, 2.45) is 0 Å². The lowest BCUT2D eigenvalue weighted by molar-refractivity contribution is 0.671. The first-order chi connectivity index (χ1) is 61.0. The van der Waals surface area contributed by atoms with Crippen molar-refractivity contribution in [3.8, 4) is 45.3 Å². The minimum Gasteiger partial charge on any atom is -0.454 e. The molecule has 0 saturated carbocycles. The first kappa shape index (κ1) is 69.2. The number of nitrogens with zero attached hydrogens (tertiary/aromatic N) is 6. The second-order valence-corrected chi connectivity index (χ2v) is 34.3. The van der Waals surface area contributed by atoms with Crippen molar-refractivity contribution >= 4 is 216 Å². The number of aromatic nitrogens is 6. The molecule has 19 aromatic carbocycles. The summed E-state index contributed by atoms with van der Waals surface area (Å²) in [6.07, 6.45) is 0. The third kappa shape index (κ3) is 10.6. The number of hydrogen-bond acceptors (Lipinski definition) is 3. The van der Waals surface area contributed by atoms with Gasteiger partial charge < -0.3 is 31.8 Å². The van der Waals surface area contributed by atoms with E-state index >= 15 is 0 Å². The van der Waals surface area contributed by atoms with Crippen molar-refractivity contribution in [1.82, 2.24) is 27.4 Å². The summed E-state index contributed by atoms with van der Waals surface area (Å²) in [5.74, 6) is 0. The maximum absolute atomic E-state index is 6.58. The molecule has 0 aliphatic heterocycles. The van der Waals surface area contributed by atoms with Gasteiger partial charge in [0.05, 0.1) is 70.9 Å². The van der Waals surface area contributed by atoms with Crippen LogP contribution in [0.2, 0.25) is 0 Å². The Bertz CT molecular complexity index is 9150. The Morgan fingerprint density at radius 1 is 0.163 bits per heavy atom. The van der Waals surface area contributed by atoms with Crippen LogP contribution in [0.25, 0.3) is 238 Å². The second-order valence-electron chi connectivity index (χ2n) is 32.1. The van der Waals surface area contributed by atoms with E-state index in [1.807, 2.05) is 28.7 Å². The molecule has 0 amide bonds. The van der Waals surface area contributed by atoms with E-state index in [1.165, 1.54) is 200 Å². The SMILES string of the molecule is c1ccc(-n2c3ccc(-n4c5ccccc5c5ccccc54)cc3c3ccc4c5ccccc5sc4c32)cc1.c1ccc(-n2c3ccccc3c3cc(-c4ccc5c(c4)c4ccc6c7ccccc7oc6c4n5-c4ccccc4)ccc32)cc1.c1ccc(-n2c3ccccc3c3cc(-n4c5ccccc5c5cc6c(cc54)sc4ccccc46)ccc32)cc1. The van der Waals surface area contributed by atoms with Crippen molar-refractivity contribution in [2.75, 3.05) is 0 Å². The smallest absolute Gasteiger partial charge is 0.160 e. The number of thiophene rings is 2. The molecule has 0 radical (unpaired) electrons. The molecule has 9 heteroatoms. The average molecular weight is 1600 g/mol. The summed E-state index contributed by atoms with van der Waals surface area (Å²) < 4.78 is 26.3. The van der Waals surface area contributed by atoms with E-state index in [2.05, 4.69) is 446 Å². The first-order valence-corrected chi connectivity index (χ1v) is 43.6. The number of furan rings is 1. The fraction of sp³-hybridized carbons (Fsp3) is 0. The zero-order chi connectivity index (χ0) is 80.5. The van der Waals surface area contributed by atoms with Crippen LogP contribution in [-0.4, -0.2) is 27.4 Å². The standard InChI is InChI=1S/C42H26N2O.2C36H22N2S/c1-3-11-29(12-4-1)43-37-17-9-7-15-31(37)35-25-27(19-23-38(35)43)28-20-24-39-36(26-28)33-21-22-34-32-16-8-10-18-40(32)45-42(34)41(33)44(39)30-13-5-2-6-14-30;1-2-10-23(11-3-1)38-33-21-18-24(37-31-15-7-4-12-25(31)26-13-5-8-16-32(26)37)22-30(33)28-19-20-29-27-14-6-9-17-34(27)39-36(29)35(28)38;1-2-10-23(11-3-1)37-31-15-7-4-12-25(31)28-20-24(18-19-33(28)37)38-32-16-8-5-13-26(32)29-21-30-27-14-6-9-17-35(27)39-36(30)22-34(29)38/h1-26H;2*1-22H. The minimum atomic E-state index is 0.911. The first-order valence-electron chi connectivity index (χ1n) is 41.9. The molecule has 28 rings (SSSR count). The van der Waals surface area contributed by atoms with Gasteiger partial charge in [-0.15, -0.1) is 22.7 Å². The van der Waals surface area contributed by atoms with Gasteiger partial charge in [0.15, 0.2) is 5.58 Å². The van der Waals surface area contributed by atoms with Crippen LogP contribution in [0.5, 0.6) is 0 Å². The second kappa shape index (κ2) is 27.4. The van der Waals surface area contributed by atoms with Crippen molar-refractivity contribution in [1.29, 1.82) is 0 Å². The summed E-state index contributed by atoms with van der Waals surface area (Å²) in [7, 11) is 0. The monoisotopic (exact) mass is 1600 g/mol. The predicted octanol–water partition coefficient (Wildman–Crippen LogP) is 31.9. The van der Waals surface area contributed by atoms with E-state index < -0.39 is 0 Å². The highest BCUT2D eigenvalue weighted by atomic mass is 32.1. The molecule has 0 aliphatic carbocycles. The van der Waals surface area contributed by atoms with E-state index in [0.717, 1.165) is 38.7 Å². The highest BCUT2D eigenvalue weighted by Crippen LogP contribution is 2.48. The van der Waals surface area contributed by atoms with E-state index in [-0.39, 0.29) is 0 Å². The maximum atomic E-state index is 6.58. The summed E-state index contributed by atoms with van der Waals surface area (Å²) >= 11 is 3.77. The molecule has 0 aliphatic rings. The fourth-order valence-corrected chi connectivity index (χ4v) is 22.6. The molecular formula is C114H70N6OS2. The molecule has 574 valence electrons. The molecule has 0 spiro atoms. The number of hydrogen-bond donors (Lipinski definition) is 0. The number of fused-ring (bicyclic) bond motifs is 29. The summed E-state index contributed by atoms with van der Waals surface area (Å²) in [4.78, 5) is 0. The molecule has 7 nitrogen and oxygen atoms in total. The lowest BCUT2D eigenvalue weighted by Crippen LogP contribution is -1.95. The summed E-state index contributed by atoms with van der Waals surface area (Å²) in [6, 6.07) is 154. The molecule has 0 fully saturated rings. The maximum Gasteiger partial charge on any atom is 0.160 e. The summed E-state index contributed by atoms with van der Waals surface area (Å²) in [6.45, 7) is 0. The predicted molar refractivity (Wildman–Crippen MR) is 524 cm³/mol. The molecule has 0 unspecified atom stereocenters. The normalized spacial score (nSPS) is 12.1. The quantitative estimate of drug-likeness (QED) is 0.157. The van der Waals surface area contributed by atoms with Crippen LogP contribution in [0, 0.1) is 0 Å². The van der Waals surface area contributed by atoms with Crippen LogP contribution in [-0.2, 0) is 0 Å². The molecular weight excluding hydrogens is 1530 g/mol. The Morgan fingerprint density at radius 2 is 0.488 bits per heavy atom. The molecule has 28 aromatic rings. The Hall–Kier alpha value is -15.8. The van der Waals surface area contributed by atoms with Crippen LogP contribution >= 0.6 is 22.7 Å². The molecule has 0 saturated heterocycles. The molecule has 9 aromatic heterocycles. The zero-order valence-corrected chi connectivity index (χ0v) is 68.0. The molecule has 0 N–H and O–H groups in total. The van der Waals surface area contributed by atoms with E-state index in [9.17, 15) is 0 Å². The van der Waals surface area contributed by atoms with E-state index in [1.54, 1.807) is 0 Å². The molecule has 123 heavy (non-hydrogen) atoms. The van der Waals surface area contributed by atoms with Gasteiger partial charge in [-0.25, -0.2) is 0 Å². The summed E-state index contributed by atoms with van der Waals surface area (Å²) in [5.41, 5.74) is 25.9. The van der Waals surface area contributed by atoms with Gasteiger partial charge in [0, 0.05) is 145 Å². The largest absolute Gasteiger partial charge is 0.454 e. The summed E-state index contributed by atoms with van der Waals surface area (Å²) in [5, 5.41) is 22.8. The van der Waals surface area contributed by atoms with Gasteiger partial charge in [-0.05, 0) is 187 Å². The van der Waals surface area contributed by atoms with Crippen LogP contribution in [0.4, 0.5) is 0 Å². The van der Waals surface area contributed by atoms with Gasteiger partial charge in [-0.2, -0.15) is 0 Å². The number of rotatable bonds is 7. The highest BCUT2D eigenvalue weighted by molar-refractivity contribution is 7.27. The van der Waals surface area contributed by atoms with Gasteiger partial charge in [0.1, 0.15) is 5.58 Å². The van der Waals surface area contributed by atoms with E-state index in [4.69, 9.17) is 4.42 Å². The molecule has 0 bridgehead atoms. The third-order valence-electron chi connectivity index (χ3n) is 25.5. The lowest BCUT2D eigenvalue weighted by Gasteiger charge is -2.10. The van der Waals surface area contributed by atoms with Gasteiger partial charge >= 0.3 is 0 Å². The van der Waals surface area contributed by atoms with Gasteiger partial charge in [0.25, 0.3) is 0 Å². The van der Waals surface area contributed by atoms with Gasteiger partial charge in [0.2, 0.25) is 0 Å². The zero-order valence-electron chi connectivity index (χ0n) is 66.3. The van der Waals surface area contributed by atoms with E-state index in [0.29, 0.717) is 0 Å². The minimum absolute atomic E-state index is 0.911. The Morgan fingerprint density at radius 3 is 1.00 bits per heavy atom. The number of para-hydroxylation sites is 10. The van der Waals surface area contributed by atoms with Crippen molar-refractivity contribution < 1.29 is 4.42 Å². The molecule has 0 atom stereocenters. The Labute approximate surface area is 712 Å². The number of benzene rings is 19. The third-order valence-corrected chi connectivity index (χ3v) is 27.8. The fourth-order valence-electron chi connectivity index (χ4n) is 20.2. The molecule has 9 heterocycles. The average Bonchev–Trinajstić information content (AvgIpc) is 1.56. The van der Waals surface area contributed by atoms with Crippen molar-refractivity contribution in [3.05, 3.63) is 425 Å². The van der Waals surface area contributed by atoms with Gasteiger partial charge in [-0.3, -0.25) is 0 Å². The van der Waals surface area contributed by atoms with Gasteiger partial charge in [-0.1, -0.05) is 249 Å². The highest BCUT2D eigenvalue weighted by Gasteiger charge is 2.25. The topological polar surface area (TPSA) is 42.7 Å². The van der Waals surface area contributed by atoms with Crippen LogP contribution in [0.1, 0.15) is 0 Å². The Balaban J connectivity index is 0.0000000993. The Kier molecular flexibility index (Phi) is 15.4. The van der Waals surface area contributed by atoms with Crippen molar-refractivity contribution in [3.63, 3.8) is 0 Å².